The molecule has 0 rings (SSSR count). The minimum Gasteiger partial charge on any atom is -0.394 e. The molecule has 23 heavy (non-hydrogen) atoms. The van der Waals surface area contributed by atoms with Crippen molar-refractivity contribution in [3.63, 3.8) is 0 Å². The van der Waals surface area contributed by atoms with Gasteiger partial charge in [-0.3, -0.25) is 0 Å². The summed E-state index contributed by atoms with van der Waals surface area (Å²) in [4.78, 5) is 0. The number of aliphatic hydroxyl groups is 1. The fourth-order valence-corrected chi connectivity index (χ4v) is 1.57. The van der Waals surface area contributed by atoms with Gasteiger partial charge < -0.3 is 9.84 Å². The number of alkyl halides is 13. The molecule has 1 N–H and O–H groups in total. The summed E-state index contributed by atoms with van der Waals surface area (Å²) in [5.41, 5.74) is -15.2. The normalized spacial score (nSPS) is 15.9. The molecule has 0 aliphatic carbocycles. The maximum Gasteiger partial charge on any atom is 0.435 e. The Bertz CT molecular complexity index is 372. The van der Waals surface area contributed by atoms with E-state index in [0.717, 1.165) is 0 Å². The lowest BCUT2D eigenvalue weighted by molar-refractivity contribution is -0.487. The summed E-state index contributed by atoms with van der Waals surface area (Å²) in [7, 11) is 0. The molecule has 0 radical (unpaired) electrons. The van der Waals surface area contributed by atoms with Gasteiger partial charge in [0.05, 0.1) is 13.2 Å². The van der Waals surface area contributed by atoms with Crippen LogP contribution in [0.2, 0.25) is 0 Å². The minimum atomic E-state index is -7.88. The first kappa shape index (κ1) is 22.0. The molecule has 0 unspecified atom stereocenters. The zero-order chi connectivity index (χ0) is 19.1. The van der Waals surface area contributed by atoms with Gasteiger partial charge in [0.1, 0.15) is 0 Å². The second-order valence-corrected chi connectivity index (χ2v) is 3.90. The van der Waals surface area contributed by atoms with Crippen LogP contribution in [0, 0.1) is 0 Å². The average molecular weight is 380 g/mol. The van der Waals surface area contributed by atoms with E-state index in [2.05, 4.69) is 4.74 Å². The van der Waals surface area contributed by atoms with Gasteiger partial charge in [0.15, 0.2) is 0 Å². The number of aliphatic hydroxyl groups excluding tert-OH is 1. The van der Waals surface area contributed by atoms with Crippen LogP contribution in [0.1, 0.15) is 0 Å². The summed E-state index contributed by atoms with van der Waals surface area (Å²) in [5.74, 6) is 0. The van der Waals surface area contributed by atoms with Crippen molar-refractivity contribution in [3.8, 4) is 0 Å². The van der Waals surface area contributed by atoms with Crippen molar-refractivity contribution >= 4 is 0 Å². The van der Waals surface area contributed by atoms with E-state index >= 15 is 0 Å². The second-order valence-electron chi connectivity index (χ2n) is 3.90. The first-order valence-electron chi connectivity index (χ1n) is 5.02. The molecule has 2 nitrogen and oxygen atoms in total. The van der Waals surface area contributed by atoms with Crippen LogP contribution in [0.4, 0.5) is 57.1 Å². The fourth-order valence-electron chi connectivity index (χ4n) is 1.57. The van der Waals surface area contributed by atoms with Gasteiger partial charge in [0.25, 0.3) is 0 Å². The molecule has 0 atom stereocenters. The van der Waals surface area contributed by atoms with Gasteiger partial charge in [-0.1, -0.05) is 0 Å². The quantitative estimate of drug-likeness (QED) is 0.754. The van der Waals surface area contributed by atoms with Crippen molar-refractivity contribution < 1.29 is 66.9 Å². The predicted molar refractivity (Wildman–Crippen MR) is 43.8 cm³/mol. The molecular weight excluding hydrogens is 375 g/mol. The Morgan fingerprint density at radius 2 is 0.870 bits per heavy atom. The smallest absolute Gasteiger partial charge is 0.394 e. The van der Waals surface area contributed by atoms with Crippen LogP contribution in [0.25, 0.3) is 0 Å². The zero-order valence-corrected chi connectivity index (χ0v) is 10.2. The van der Waals surface area contributed by atoms with Crippen molar-refractivity contribution in [1.29, 1.82) is 0 Å². The summed E-state index contributed by atoms with van der Waals surface area (Å²) >= 11 is 0. The Kier molecular flexibility index (Phi) is 5.57. The Labute approximate surface area is 117 Å². The number of hydrogen-bond acceptors (Lipinski definition) is 2. The molecule has 0 aliphatic rings. The Morgan fingerprint density at radius 3 is 1.04 bits per heavy atom. The largest absolute Gasteiger partial charge is 0.435 e. The van der Waals surface area contributed by atoms with Crippen LogP contribution in [0.15, 0.2) is 0 Å². The molecule has 0 aliphatic heterocycles. The highest BCUT2D eigenvalue weighted by Gasteiger charge is 2.96. The number of halogens is 13. The maximum absolute atomic E-state index is 13.5. The molecule has 0 aromatic carbocycles. The molecule has 15 heteroatoms. The lowest BCUT2D eigenvalue weighted by atomic mass is 9.81. The van der Waals surface area contributed by atoms with Crippen LogP contribution in [-0.2, 0) is 4.74 Å². The van der Waals surface area contributed by atoms with Crippen LogP contribution >= 0.6 is 0 Å². The molecule has 0 saturated carbocycles. The molecule has 0 saturated heterocycles. The minimum absolute atomic E-state index is 1.85. The van der Waals surface area contributed by atoms with E-state index in [1.807, 2.05) is 0 Å². The van der Waals surface area contributed by atoms with E-state index < -0.39 is 49.2 Å². The van der Waals surface area contributed by atoms with Gasteiger partial charge in [-0.25, -0.2) is 4.39 Å². The molecule has 0 fully saturated rings. The molecule has 0 bridgehead atoms. The lowest BCUT2D eigenvalue weighted by Crippen LogP contribution is -2.79. The average Bonchev–Trinajstić information content (AvgIpc) is 2.22. The van der Waals surface area contributed by atoms with Crippen LogP contribution < -0.4 is 0 Å². The van der Waals surface area contributed by atoms with Crippen LogP contribution in [0.3, 0.4) is 0 Å². The standard InChI is InChI=1S/C8H5F13O2/c9-3(5(10,11)12,6(13,14)15)4(7(16,17)18,8(19,20)21)23-2-1-22/h22H,1-2H2. The van der Waals surface area contributed by atoms with E-state index in [-0.39, 0.29) is 0 Å². The monoisotopic (exact) mass is 380 g/mol. The highest BCUT2D eigenvalue weighted by molar-refractivity contribution is 5.18. The van der Waals surface area contributed by atoms with Gasteiger partial charge in [0, 0.05) is 0 Å². The first-order valence-corrected chi connectivity index (χ1v) is 5.02. The van der Waals surface area contributed by atoms with Crippen molar-refractivity contribution in [2.75, 3.05) is 13.2 Å². The summed E-state index contributed by atoms with van der Waals surface area (Å²) in [6.07, 6.45) is -30.5. The van der Waals surface area contributed by atoms with Gasteiger partial charge >= 0.3 is 36.0 Å². The maximum atomic E-state index is 13.5. The molecule has 0 amide bonds. The van der Waals surface area contributed by atoms with Crippen molar-refractivity contribution in [1.82, 2.24) is 0 Å². The van der Waals surface area contributed by atoms with Crippen LogP contribution in [0.5, 0.6) is 0 Å². The van der Waals surface area contributed by atoms with Gasteiger partial charge in [-0.15, -0.1) is 0 Å². The van der Waals surface area contributed by atoms with E-state index in [1.54, 1.807) is 0 Å². The van der Waals surface area contributed by atoms with E-state index in [1.165, 1.54) is 0 Å². The second kappa shape index (κ2) is 5.82. The number of rotatable bonds is 4. The van der Waals surface area contributed by atoms with Crippen molar-refractivity contribution in [3.05, 3.63) is 0 Å². The molecule has 0 spiro atoms. The molecule has 0 heterocycles. The Hall–Kier alpha value is -0.990. The lowest BCUT2D eigenvalue weighted by Gasteiger charge is -2.46. The van der Waals surface area contributed by atoms with Crippen molar-refractivity contribution in [2.45, 2.75) is 36.0 Å². The Balaban J connectivity index is 6.98. The highest BCUT2D eigenvalue weighted by Crippen LogP contribution is 2.63. The third-order valence-electron chi connectivity index (χ3n) is 2.47. The van der Waals surface area contributed by atoms with Crippen LogP contribution in [-0.4, -0.2) is 54.3 Å². The summed E-state index contributed by atoms with van der Waals surface area (Å²) in [6.45, 7) is -4.16. The van der Waals surface area contributed by atoms with Gasteiger partial charge in [-0.05, 0) is 0 Å². The third-order valence-corrected chi connectivity index (χ3v) is 2.47. The number of hydrogen-bond donors (Lipinski definition) is 1. The SMILES string of the molecule is OCCOC(C(F)(F)F)(C(F)(F)F)C(F)(C(F)(F)F)C(F)(F)F. The summed E-state index contributed by atoms with van der Waals surface area (Å²) in [5, 5.41) is 8.09. The van der Waals surface area contributed by atoms with Gasteiger partial charge in [0.2, 0.25) is 0 Å². The highest BCUT2D eigenvalue weighted by atomic mass is 19.4. The van der Waals surface area contributed by atoms with E-state index in [0.29, 0.717) is 0 Å². The number of ether oxygens (including phenoxy) is 1. The van der Waals surface area contributed by atoms with E-state index in [9.17, 15) is 57.1 Å². The summed E-state index contributed by atoms with van der Waals surface area (Å²) < 4.78 is 166. The van der Waals surface area contributed by atoms with E-state index in [4.69, 9.17) is 5.11 Å². The van der Waals surface area contributed by atoms with Crippen molar-refractivity contribution in [2.24, 2.45) is 0 Å². The first-order chi connectivity index (χ1) is 9.81. The molecule has 140 valence electrons. The molecule has 0 aromatic rings. The topological polar surface area (TPSA) is 29.5 Å². The van der Waals surface area contributed by atoms with Gasteiger partial charge in [-0.2, -0.15) is 52.7 Å². The third kappa shape index (κ3) is 3.16. The fraction of sp³-hybridized carbons (Fsp3) is 1.00. The molecule has 0 aromatic heterocycles. The molecular formula is C8H5F13O2. The predicted octanol–water partition coefficient (Wildman–Crippen LogP) is 3.69. The summed E-state index contributed by atoms with van der Waals surface area (Å²) in [6, 6.07) is 0. The Morgan fingerprint density at radius 1 is 0.565 bits per heavy atom. The zero-order valence-electron chi connectivity index (χ0n) is 10.2.